The lowest BCUT2D eigenvalue weighted by Crippen LogP contribution is -2.00. The maximum atomic E-state index is 10.2. The first-order valence-electron chi connectivity index (χ1n) is 5.87. The van der Waals surface area contributed by atoms with Crippen LogP contribution in [0.2, 0.25) is 0 Å². The first kappa shape index (κ1) is 20.0. The molecule has 0 rings (SSSR count). The van der Waals surface area contributed by atoms with Crippen molar-refractivity contribution in [1.82, 2.24) is 0 Å². The molecule has 108 valence electrons. The third-order valence-electron chi connectivity index (χ3n) is 1.79. The summed E-state index contributed by atoms with van der Waals surface area (Å²) in [4.78, 5) is 20.1. The summed E-state index contributed by atoms with van der Waals surface area (Å²) in [7, 11) is 0. The molecule has 0 heterocycles. The molecule has 0 fully saturated rings. The van der Waals surface area contributed by atoms with E-state index in [0.29, 0.717) is 13.0 Å². The smallest absolute Gasteiger partial charge is 0.303 e. The SMILES string of the molecule is CSCCCCC(=O)O.CSCCCOC(C)=O. The summed E-state index contributed by atoms with van der Waals surface area (Å²) >= 11 is 3.52. The molecule has 0 saturated heterocycles. The zero-order valence-corrected chi connectivity index (χ0v) is 13.1. The van der Waals surface area contributed by atoms with Gasteiger partial charge in [-0.05, 0) is 43.3 Å². The second-order valence-corrected chi connectivity index (χ2v) is 5.50. The molecule has 0 aliphatic rings. The molecule has 0 atom stereocenters. The third-order valence-corrected chi connectivity index (χ3v) is 3.18. The highest BCUT2D eigenvalue weighted by atomic mass is 32.2. The summed E-state index contributed by atoms with van der Waals surface area (Å²) in [6.45, 7) is 2.00. The van der Waals surface area contributed by atoms with Crippen molar-refractivity contribution in [3.05, 3.63) is 0 Å². The largest absolute Gasteiger partial charge is 0.481 e. The van der Waals surface area contributed by atoms with Crippen LogP contribution in [0.3, 0.4) is 0 Å². The molecule has 18 heavy (non-hydrogen) atoms. The van der Waals surface area contributed by atoms with Gasteiger partial charge in [0, 0.05) is 13.3 Å². The molecule has 4 nitrogen and oxygen atoms in total. The summed E-state index contributed by atoms with van der Waals surface area (Å²) in [6, 6.07) is 0. The molecular weight excluding hydrogens is 272 g/mol. The van der Waals surface area contributed by atoms with Gasteiger partial charge in [-0.1, -0.05) is 0 Å². The van der Waals surface area contributed by atoms with Crippen LogP contribution in [0, 0.1) is 0 Å². The first-order valence-corrected chi connectivity index (χ1v) is 8.66. The fourth-order valence-electron chi connectivity index (χ4n) is 0.942. The van der Waals surface area contributed by atoms with Crippen molar-refractivity contribution in [3.8, 4) is 0 Å². The lowest BCUT2D eigenvalue weighted by atomic mass is 10.3. The molecular formula is C12H24O4S2. The van der Waals surface area contributed by atoms with Gasteiger partial charge < -0.3 is 9.84 Å². The minimum absolute atomic E-state index is 0.184. The van der Waals surface area contributed by atoms with E-state index in [1.165, 1.54) is 6.92 Å². The Morgan fingerprint density at radius 3 is 2.06 bits per heavy atom. The highest BCUT2D eigenvalue weighted by molar-refractivity contribution is 7.98. The van der Waals surface area contributed by atoms with Crippen LogP contribution in [-0.2, 0) is 14.3 Å². The number of unbranched alkanes of at least 4 members (excludes halogenated alkanes) is 1. The predicted molar refractivity (Wildman–Crippen MR) is 79.5 cm³/mol. The molecule has 0 saturated carbocycles. The second-order valence-electron chi connectivity index (χ2n) is 3.53. The van der Waals surface area contributed by atoms with Crippen LogP contribution >= 0.6 is 23.5 Å². The van der Waals surface area contributed by atoms with Crippen molar-refractivity contribution in [2.75, 3.05) is 30.6 Å². The molecule has 0 amide bonds. The Bertz CT molecular complexity index is 188. The van der Waals surface area contributed by atoms with Crippen molar-refractivity contribution < 1.29 is 19.4 Å². The van der Waals surface area contributed by atoms with Gasteiger partial charge in [0.2, 0.25) is 0 Å². The molecule has 0 aromatic heterocycles. The zero-order chi connectivity index (χ0) is 14.2. The van der Waals surface area contributed by atoms with Crippen LogP contribution in [-0.4, -0.2) is 47.7 Å². The lowest BCUT2D eigenvalue weighted by Gasteiger charge is -1.98. The number of hydrogen-bond acceptors (Lipinski definition) is 5. The fraction of sp³-hybridized carbons (Fsp3) is 0.833. The van der Waals surface area contributed by atoms with Crippen molar-refractivity contribution in [1.29, 1.82) is 0 Å². The maximum Gasteiger partial charge on any atom is 0.303 e. The van der Waals surface area contributed by atoms with Gasteiger partial charge in [-0.3, -0.25) is 9.59 Å². The van der Waals surface area contributed by atoms with E-state index in [-0.39, 0.29) is 5.97 Å². The van der Waals surface area contributed by atoms with Gasteiger partial charge in [0.1, 0.15) is 0 Å². The van der Waals surface area contributed by atoms with Gasteiger partial charge in [-0.25, -0.2) is 0 Å². The lowest BCUT2D eigenvalue weighted by molar-refractivity contribution is -0.141. The van der Waals surface area contributed by atoms with Crippen molar-refractivity contribution in [3.63, 3.8) is 0 Å². The van der Waals surface area contributed by atoms with Crippen molar-refractivity contribution >= 4 is 35.5 Å². The van der Waals surface area contributed by atoms with Gasteiger partial charge in [0.25, 0.3) is 0 Å². The first-order chi connectivity index (χ1) is 8.54. The van der Waals surface area contributed by atoms with Crippen LogP contribution in [0.25, 0.3) is 0 Å². The van der Waals surface area contributed by atoms with Gasteiger partial charge in [0.15, 0.2) is 0 Å². The highest BCUT2D eigenvalue weighted by Gasteiger charge is 1.94. The number of carbonyl (C=O) groups excluding carboxylic acids is 1. The van der Waals surface area contributed by atoms with E-state index in [4.69, 9.17) is 9.84 Å². The number of carboxylic acid groups (broad SMARTS) is 1. The average Bonchev–Trinajstić information content (AvgIpc) is 2.31. The number of aliphatic carboxylic acids is 1. The molecule has 0 unspecified atom stereocenters. The van der Waals surface area contributed by atoms with E-state index < -0.39 is 5.97 Å². The van der Waals surface area contributed by atoms with E-state index in [9.17, 15) is 9.59 Å². The monoisotopic (exact) mass is 296 g/mol. The van der Waals surface area contributed by atoms with E-state index in [2.05, 4.69) is 0 Å². The summed E-state index contributed by atoms with van der Waals surface area (Å²) in [5.74, 6) is 1.27. The van der Waals surface area contributed by atoms with Gasteiger partial charge >= 0.3 is 11.9 Å². The Morgan fingerprint density at radius 1 is 1.06 bits per heavy atom. The fourth-order valence-corrected chi connectivity index (χ4v) is 1.84. The summed E-state index contributed by atoms with van der Waals surface area (Å²) < 4.78 is 4.69. The van der Waals surface area contributed by atoms with Crippen LogP contribution in [0.4, 0.5) is 0 Å². The number of rotatable bonds is 9. The Kier molecular flexibility index (Phi) is 18.5. The predicted octanol–water partition coefficient (Wildman–Crippen LogP) is 2.91. The van der Waals surface area contributed by atoms with E-state index in [1.54, 1.807) is 23.5 Å². The Hall–Kier alpha value is -0.360. The number of esters is 1. The van der Waals surface area contributed by atoms with Crippen LogP contribution in [0.15, 0.2) is 0 Å². The number of hydrogen-bond donors (Lipinski definition) is 1. The van der Waals surface area contributed by atoms with Gasteiger partial charge in [-0.2, -0.15) is 23.5 Å². The molecule has 0 aromatic carbocycles. The van der Waals surface area contributed by atoms with Gasteiger partial charge in [0.05, 0.1) is 6.61 Å². The van der Waals surface area contributed by atoms with Crippen molar-refractivity contribution in [2.24, 2.45) is 0 Å². The standard InChI is InChI=1S/2C6H12O2S/c1-6(7)8-4-3-5-9-2;1-9-5-3-2-4-6(7)8/h3-5H2,1-2H3;2-5H2,1H3,(H,7,8). The highest BCUT2D eigenvalue weighted by Crippen LogP contribution is 2.01. The zero-order valence-electron chi connectivity index (χ0n) is 11.4. The van der Waals surface area contributed by atoms with Crippen LogP contribution in [0.5, 0.6) is 0 Å². The average molecular weight is 296 g/mol. The second kappa shape index (κ2) is 16.6. The summed E-state index contributed by atoms with van der Waals surface area (Å²) in [5, 5.41) is 8.21. The minimum atomic E-state index is -0.684. The molecule has 0 radical (unpaired) electrons. The number of carbonyl (C=O) groups is 2. The van der Waals surface area contributed by atoms with Gasteiger partial charge in [-0.15, -0.1) is 0 Å². The van der Waals surface area contributed by atoms with E-state index in [0.717, 1.165) is 30.8 Å². The summed E-state index contributed by atoms with van der Waals surface area (Å²) in [6.07, 6.45) is 7.18. The Morgan fingerprint density at radius 2 is 1.61 bits per heavy atom. The molecule has 0 aliphatic carbocycles. The molecule has 0 aliphatic heterocycles. The quantitative estimate of drug-likeness (QED) is 0.521. The number of ether oxygens (including phenoxy) is 1. The van der Waals surface area contributed by atoms with E-state index >= 15 is 0 Å². The normalized spacial score (nSPS) is 9.28. The maximum absolute atomic E-state index is 10.2. The summed E-state index contributed by atoms with van der Waals surface area (Å²) in [5.41, 5.74) is 0. The molecule has 0 bridgehead atoms. The topological polar surface area (TPSA) is 63.6 Å². The minimum Gasteiger partial charge on any atom is -0.481 e. The van der Waals surface area contributed by atoms with Crippen LogP contribution in [0.1, 0.15) is 32.6 Å². The Balaban J connectivity index is 0. The van der Waals surface area contributed by atoms with Crippen molar-refractivity contribution in [2.45, 2.75) is 32.6 Å². The third kappa shape index (κ3) is 24.7. The Labute approximate surface area is 118 Å². The molecule has 0 aromatic rings. The molecule has 1 N–H and O–H groups in total. The van der Waals surface area contributed by atoms with E-state index in [1.807, 2.05) is 12.5 Å². The molecule has 6 heteroatoms. The number of thioether (sulfide) groups is 2. The molecule has 0 spiro atoms. The number of carboxylic acids is 1. The van der Waals surface area contributed by atoms with Crippen LogP contribution < -0.4 is 0 Å².